The SMILES string of the molecule is O=C(C1CCCCC1)N(CCc1csc2nc(-c3ccccc3)cn12)CCN1CCOCC1. The van der Waals surface area contributed by atoms with Crippen molar-refractivity contribution in [2.75, 3.05) is 45.9 Å². The molecule has 2 aromatic heterocycles. The molecule has 2 fully saturated rings. The normalized spacial score (nSPS) is 18.1. The smallest absolute Gasteiger partial charge is 0.225 e. The Kier molecular flexibility index (Phi) is 7.39. The van der Waals surface area contributed by atoms with Gasteiger partial charge in [0.25, 0.3) is 0 Å². The molecule has 0 bridgehead atoms. The molecule has 1 saturated carbocycles. The quantitative estimate of drug-likeness (QED) is 0.495. The predicted octanol–water partition coefficient (Wildman–Crippen LogP) is 4.35. The zero-order valence-electron chi connectivity index (χ0n) is 19.3. The van der Waals surface area contributed by atoms with E-state index in [9.17, 15) is 4.79 Å². The number of hydrogen-bond acceptors (Lipinski definition) is 5. The number of amides is 1. The molecule has 0 N–H and O–H groups in total. The summed E-state index contributed by atoms with van der Waals surface area (Å²) in [6.07, 6.45) is 8.75. The lowest BCUT2D eigenvalue weighted by molar-refractivity contribution is -0.136. The summed E-state index contributed by atoms with van der Waals surface area (Å²) >= 11 is 1.68. The first-order valence-electron chi connectivity index (χ1n) is 12.4. The first-order chi connectivity index (χ1) is 16.3. The summed E-state index contributed by atoms with van der Waals surface area (Å²) in [5.41, 5.74) is 3.38. The van der Waals surface area contributed by atoms with Crippen LogP contribution in [-0.4, -0.2) is 71.0 Å². The lowest BCUT2D eigenvalue weighted by Crippen LogP contribution is -2.45. The molecule has 5 rings (SSSR count). The topological polar surface area (TPSA) is 50.1 Å². The van der Waals surface area contributed by atoms with Crippen molar-refractivity contribution >= 4 is 22.2 Å². The molecule has 1 aromatic carbocycles. The molecule has 1 aliphatic carbocycles. The Morgan fingerprint density at radius 2 is 1.88 bits per heavy atom. The maximum Gasteiger partial charge on any atom is 0.225 e. The van der Waals surface area contributed by atoms with Crippen molar-refractivity contribution in [1.29, 1.82) is 0 Å². The van der Waals surface area contributed by atoms with Gasteiger partial charge in [-0.25, -0.2) is 4.98 Å². The molecule has 6 nitrogen and oxygen atoms in total. The van der Waals surface area contributed by atoms with Gasteiger partial charge < -0.3 is 9.64 Å². The molecular formula is C26H34N4O2S. The second-order valence-corrected chi connectivity index (χ2v) is 10.1. The number of benzene rings is 1. The van der Waals surface area contributed by atoms with Crippen molar-refractivity contribution in [2.45, 2.75) is 38.5 Å². The highest BCUT2D eigenvalue weighted by atomic mass is 32.1. The van der Waals surface area contributed by atoms with Crippen molar-refractivity contribution in [3.63, 3.8) is 0 Å². The van der Waals surface area contributed by atoms with Crippen molar-refractivity contribution in [3.8, 4) is 11.3 Å². The molecule has 7 heteroatoms. The highest BCUT2D eigenvalue weighted by Crippen LogP contribution is 2.27. The van der Waals surface area contributed by atoms with Gasteiger partial charge in [0.2, 0.25) is 5.91 Å². The van der Waals surface area contributed by atoms with Crippen LogP contribution in [0.25, 0.3) is 16.2 Å². The number of fused-ring (bicyclic) bond motifs is 1. The van der Waals surface area contributed by atoms with Crippen LogP contribution in [0.1, 0.15) is 37.8 Å². The largest absolute Gasteiger partial charge is 0.379 e. The van der Waals surface area contributed by atoms with Crippen LogP contribution in [0.4, 0.5) is 0 Å². The monoisotopic (exact) mass is 466 g/mol. The van der Waals surface area contributed by atoms with Gasteiger partial charge in [-0.3, -0.25) is 14.1 Å². The number of thiazole rings is 1. The average Bonchev–Trinajstić information content (AvgIpc) is 3.47. The molecule has 3 aromatic rings. The van der Waals surface area contributed by atoms with Gasteiger partial charge in [-0.15, -0.1) is 11.3 Å². The first-order valence-corrected chi connectivity index (χ1v) is 13.3. The van der Waals surface area contributed by atoms with E-state index in [0.29, 0.717) is 5.91 Å². The predicted molar refractivity (Wildman–Crippen MR) is 133 cm³/mol. The number of aromatic nitrogens is 2. The van der Waals surface area contributed by atoms with Gasteiger partial charge in [0.05, 0.1) is 18.9 Å². The highest BCUT2D eigenvalue weighted by molar-refractivity contribution is 7.15. The Balaban J connectivity index is 1.28. The Morgan fingerprint density at radius 3 is 2.67 bits per heavy atom. The Hall–Kier alpha value is -2.22. The van der Waals surface area contributed by atoms with Crippen LogP contribution in [0.15, 0.2) is 41.9 Å². The molecule has 3 heterocycles. The van der Waals surface area contributed by atoms with Crippen LogP contribution < -0.4 is 0 Å². The van der Waals surface area contributed by atoms with Gasteiger partial charge in [0.1, 0.15) is 0 Å². The third kappa shape index (κ3) is 5.48. The summed E-state index contributed by atoms with van der Waals surface area (Å²) in [5, 5.41) is 2.20. The van der Waals surface area contributed by atoms with Gasteiger partial charge in [0, 0.05) is 67.9 Å². The van der Waals surface area contributed by atoms with Crippen LogP contribution in [0.3, 0.4) is 0 Å². The maximum atomic E-state index is 13.4. The summed E-state index contributed by atoms with van der Waals surface area (Å²) in [5.74, 6) is 0.578. The molecule has 0 unspecified atom stereocenters. The molecule has 0 spiro atoms. The second-order valence-electron chi connectivity index (χ2n) is 9.24. The fourth-order valence-electron chi connectivity index (χ4n) is 5.03. The summed E-state index contributed by atoms with van der Waals surface area (Å²) in [4.78, 5) is 23.9. The number of imidazole rings is 1. The lowest BCUT2D eigenvalue weighted by Gasteiger charge is -2.33. The average molecular weight is 467 g/mol. The minimum Gasteiger partial charge on any atom is -0.379 e. The summed E-state index contributed by atoms with van der Waals surface area (Å²) in [6, 6.07) is 10.3. The minimum atomic E-state index is 0.212. The fraction of sp³-hybridized carbons (Fsp3) is 0.538. The Bertz CT molecular complexity index is 1040. The van der Waals surface area contributed by atoms with Gasteiger partial charge in [-0.05, 0) is 12.8 Å². The number of hydrogen-bond donors (Lipinski definition) is 0. The third-order valence-corrected chi connectivity index (χ3v) is 7.94. The maximum absolute atomic E-state index is 13.4. The van der Waals surface area contributed by atoms with E-state index in [0.717, 1.165) is 81.4 Å². The molecule has 33 heavy (non-hydrogen) atoms. The van der Waals surface area contributed by atoms with E-state index in [1.807, 2.05) is 18.2 Å². The van der Waals surface area contributed by atoms with Gasteiger partial charge in [0.15, 0.2) is 4.96 Å². The van der Waals surface area contributed by atoms with Crippen LogP contribution >= 0.6 is 11.3 Å². The third-order valence-electron chi connectivity index (χ3n) is 7.05. The zero-order valence-corrected chi connectivity index (χ0v) is 20.1. The van der Waals surface area contributed by atoms with Crippen LogP contribution in [0, 0.1) is 5.92 Å². The summed E-state index contributed by atoms with van der Waals surface area (Å²) < 4.78 is 7.70. The Labute approximate surface area is 200 Å². The number of carbonyl (C=O) groups is 1. The number of rotatable bonds is 8. The van der Waals surface area contributed by atoms with E-state index >= 15 is 0 Å². The van der Waals surface area contributed by atoms with Crippen LogP contribution in [-0.2, 0) is 16.0 Å². The van der Waals surface area contributed by atoms with Crippen molar-refractivity contribution in [3.05, 3.63) is 47.6 Å². The zero-order chi connectivity index (χ0) is 22.5. The molecule has 176 valence electrons. The van der Waals surface area contributed by atoms with Crippen molar-refractivity contribution in [1.82, 2.24) is 19.2 Å². The van der Waals surface area contributed by atoms with E-state index in [4.69, 9.17) is 9.72 Å². The molecule has 0 atom stereocenters. The number of morpholine rings is 1. The molecule has 1 amide bonds. The van der Waals surface area contributed by atoms with Gasteiger partial charge >= 0.3 is 0 Å². The van der Waals surface area contributed by atoms with Crippen LogP contribution in [0.5, 0.6) is 0 Å². The van der Waals surface area contributed by atoms with E-state index in [-0.39, 0.29) is 5.92 Å². The standard InChI is InChI=1S/C26H34N4O2S/c31-25(22-9-5-2-6-10-22)29(14-13-28-15-17-32-18-16-28)12-11-23-20-33-26-27-24(19-30(23)26)21-7-3-1-4-8-21/h1,3-4,7-8,19-20,22H,2,5-6,9-18H2. The van der Waals surface area contributed by atoms with E-state index < -0.39 is 0 Å². The van der Waals surface area contributed by atoms with E-state index in [1.54, 1.807) is 11.3 Å². The molecule has 0 radical (unpaired) electrons. The van der Waals surface area contributed by atoms with Crippen LogP contribution in [0.2, 0.25) is 0 Å². The van der Waals surface area contributed by atoms with Crippen molar-refractivity contribution in [2.24, 2.45) is 5.92 Å². The minimum absolute atomic E-state index is 0.212. The van der Waals surface area contributed by atoms with Gasteiger partial charge in [-0.1, -0.05) is 49.6 Å². The number of nitrogens with zero attached hydrogens (tertiary/aromatic N) is 4. The van der Waals surface area contributed by atoms with Gasteiger partial charge in [-0.2, -0.15) is 0 Å². The second kappa shape index (κ2) is 10.8. The summed E-state index contributed by atoms with van der Waals surface area (Å²) in [6.45, 7) is 6.04. The number of carbonyl (C=O) groups excluding carboxylic acids is 1. The molecular weight excluding hydrogens is 432 g/mol. The number of ether oxygens (including phenoxy) is 1. The van der Waals surface area contributed by atoms with Crippen molar-refractivity contribution < 1.29 is 9.53 Å². The highest BCUT2D eigenvalue weighted by Gasteiger charge is 2.26. The molecule has 2 aliphatic rings. The summed E-state index contributed by atoms with van der Waals surface area (Å²) in [7, 11) is 0. The molecule has 1 aliphatic heterocycles. The fourth-order valence-corrected chi connectivity index (χ4v) is 5.94. The first kappa shape index (κ1) is 22.6. The van der Waals surface area contributed by atoms with E-state index in [2.05, 4.69) is 37.9 Å². The Morgan fingerprint density at radius 1 is 1.09 bits per heavy atom. The van der Waals surface area contributed by atoms with E-state index in [1.165, 1.54) is 25.0 Å². The molecule has 1 saturated heterocycles. The lowest BCUT2D eigenvalue weighted by atomic mass is 9.88.